The number of anilines is 1. The first-order valence-corrected chi connectivity index (χ1v) is 7.70. The topological polar surface area (TPSA) is 16.4 Å². The van der Waals surface area contributed by atoms with Crippen LogP contribution in [0.15, 0.2) is 36.7 Å². The second kappa shape index (κ2) is 4.60. The highest BCUT2D eigenvalue weighted by Crippen LogP contribution is 2.47. The highest BCUT2D eigenvalue weighted by molar-refractivity contribution is 6.01. The molecular formula is C19H21N2O+. The van der Waals surface area contributed by atoms with E-state index in [1.54, 1.807) is 7.11 Å². The number of likely N-dealkylation sites (N-methyl/N-ethyl adjacent to an activating group) is 1. The lowest BCUT2D eigenvalue weighted by Crippen LogP contribution is -2.37. The second-order valence-electron chi connectivity index (χ2n) is 6.30. The summed E-state index contributed by atoms with van der Waals surface area (Å²) in [6.07, 6.45) is 5.42. The predicted molar refractivity (Wildman–Crippen MR) is 89.0 cm³/mol. The largest absolute Gasteiger partial charge is 0.497 e. The molecule has 1 aromatic carbocycles. The molecule has 4 rings (SSSR count). The van der Waals surface area contributed by atoms with Crippen LogP contribution >= 0.6 is 0 Å². The maximum absolute atomic E-state index is 5.43. The fourth-order valence-corrected chi connectivity index (χ4v) is 3.88. The van der Waals surface area contributed by atoms with Crippen LogP contribution in [-0.4, -0.2) is 20.2 Å². The third-order valence-corrected chi connectivity index (χ3v) is 5.09. The molecule has 0 radical (unpaired) electrons. The number of aryl methyl sites for hydroxylation is 1. The molecule has 2 aliphatic rings. The van der Waals surface area contributed by atoms with Crippen LogP contribution < -0.4 is 14.2 Å². The van der Waals surface area contributed by atoms with Gasteiger partial charge in [0.05, 0.1) is 24.4 Å². The van der Waals surface area contributed by atoms with Crippen molar-refractivity contribution in [1.29, 1.82) is 0 Å². The van der Waals surface area contributed by atoms with Crippen molar-refractivity contribution in [2.45, 2.75) is 19.4 Å². The summed E-state index contributed by atoms with van der Waals surface area (Å²) in [5.41, 5.74) is 8.27. The van der Waals surface area contributed by atoms with Crippen LogP contribution in [0.1, 0.15) is 23.6 Å². The highest BCUT2D eigenvalue weighted by Gasteiger charge is 2.37. The molecule has 1 aromatic heterocycles. The van der Waals surface area contributed by atoms with Crippen LogP contribution in [0.5, 0.6) is 5.75 Å². The van der Waals surface area contributed by atoms with Gasteiger partial charge in [0.15, 0.2) is 12.4 Å². The number of allylic oxidation sites excluding steroid dienone is 1. The molecule has 0 bridgehead atoms. The van der Waals surface area contributed by atoms with E-state index in [1.807, 2.05) is 0 Å². The van der Waals surface area contributed by atoms with Gasteiger partial charge in [0.2, 0.25) is 0 Å². The van der Waals surface area contributed by atoms with E-state index in [-0.39, 0.29) is 0 Å². The fourth-order valence-electron chi connectivity index (χ4n) is 3.88. The Hall–Kier alpha value is -2.29. The van der Waals surface area contributed by atoms with Gasteiger partial charge >= 0.3 is 0 Å². The van der Waals surface area contributed by atoms with Crippen LogP contribution in [0.3, 0.4) is 0 Å². The maximum atomic E-state index is 5.43. The van der Waals surface area contributed by atoms with Gasteiger partial charge in [0, 0.05) is 13.1 Å². The number of hydrogen-bond donors (Lipinski definition) is 0. The molecular weight excluding hydrogens is 272 g/mol. The van der Waals surface area contributed by atoms with Crippen LogP contribution in [0, 0.1) is 0 Å². The van der Waals surface area contributed by atoms with Crippen LogP contribution in [0.4, 0.5) is 5.69 Å². The Bertz CT molecular complexity index is 807. The van der Waals surface area contributed by atoms with Crippen molar-refractivity contribution in [1.82, 2.24) is 0 Å². The lowest BCUT2D eigenvalue weighted by Gasteiger charge is -2.34. The van der Waals surface area contributed by atoms with Crippen molar-refractivity contribution in [3.63, 3.8) is 0 Å². The SMILES string of the molecule is COc1ccc2c(c1)C1=C(C)c3c[n+](C)ccc3N(C)C1C2. The first kappa shape index (κ1) is 13.4. The summed E-state index contributed by atoms with van der Waals surface area (Å²) < 4.78 is 7.55. The first-order valence-electron chi connectivity index (χ1n) is 7.70. The fraction of sp³-hybridized carbons (Fsp3) is 0.316. The number of rotatable bonds is 1. The van der Waals surface area contributed by atoms with E-state index in [2.05, 4.69) is 67.1 Å². The van der Waals surface area contributed by atoms with Gasteiger partial charge in [-0.15, -0.1) is 0 Å². The number of hydrogen-bond acceptors (Lipinski definition) is 2. The van der Waals surface area contributed by atoms with Crippen LogP contribution in [-0.2, 0) is 13.5 Å². The molecule has 0 N–H and O–H groups in total. The molecule has 0 spiro atoms. The number of aromatic nitrogens is 1. The van der Waals surface area contributed by atoms with Gasteiger partial charge in [0.1, 0.15) is 12.8 Å². The Morgan fingerprint density at radius 2 is 2.05 bits per heavy atom. The van der Waals surface area contributed by atoms with E-state index in [9.17, 15) is 0 Å². The molecule has 3 nitrogen and oxygen atoms in total. The van der Waals surface area contributed by atoms with Gasteiger partial charge in [-0.2, -0.15) is 0 Å². The summed E-state index contributed by atoms with van der Waals surface area (Å²) >= 11 is 0. The molecule has 2 aromatic rings. The summed E-state index contributed by atoms with van der Waals surface area (Å²) in [6, 6.07) is 9.13. The van der Waals surface area contributed by atoms with E-state index in [0.29, 0.717) is 6.04 Å². The molecule has 0 amide bonds. The van der Waals surface area contributed by atoms with Gasteiger partial charge in [0.25, 0.3) is 0 Å². The normalized spacial score (nSPS) is 18.9. The maximum Gasteiger partial charge on any atom is 0.178 e. The number of fused-ring (bicyclic) bond motifs is 4. The van der Waals surface area contributed by atoms with Crippen LogP contribution in [0.2, 0.25) is 0 Å². The third-order valence-electron chi connectivity index (χ3n) is 5.09. The van der Waals surface area contributed by atoms with E-state index >= 15 is 0 Å². The standard InChI is InChI=1S/C19H21N2O/c1-12-16-11-20(2)8-7-17(16)21(3)18-9-13-5-6-14(22-4)10-15(13)19(12)18/h5-8,10-11,18H,9H2,1-4H3/q+1. The Morgan fingerprint density at radius 1 is 1.23 bits per heavy atom. The molecule has 0 saturated carbocycles. The highest BCUT2D eigenvalue weighted by atomic mass is 16.5. The summed E-state index contributed by atoms with van der Waals surface area (Å²) in [7, 11) is 6.02. The summed E-state index contributed by atoms with van der Waals surface area (Å²) in [6.45, 7) is 2.25. The Morgan fingerprint density at radius 3 is 2.82 bits per heavy atom. The van der Waals surface area contributed by atoms with Crippen molar-refractivity contribution >= 4 is 16.8 Å². The zero-order valence-electron chi connectivity index (χ0n) is 13.6. The molecule has 0 saturated heterocycles. The van der Waals surface area contributed by atoms with Crippen molar-refractivity contribution in [3.05, 3.63) is 53.3 Å². The lowest BCUT2D eigenvalue weighted by atomic mass is 9.90. The minimum absolute atomic E-state index is 0.433. The summed E-state index contributed by atoms with van der Waals surface area (Å²) in [5.74, 6) is 0.937. The number of pyridine rings is 1. The zero-order valence-corrected chi connectivity index (χ0v) is 13.6. The van der Waals surface area contributed by atoms with Gasteiger partial charge in [-0.1, -0.05) is 6.07 Å². The van der Waals surface area contributed by atoms with Crippen molar-refractivity contribution < 1.29 is 9.30 Å². The molecule has 0 fully saturated rings. The molecule has 2 heterocycles. The zero-order chi connectivity index (χ0) is 15.4. The van der Waals surface area contributed by atoms with Gasteiger partial charge in [-0.3, -0.25) is 0 Å². The Labute approximate surface area is 131 Å². The second-order valence-corrected chi connectivity index (χ2v) is 6.30. The molecule has 1 aliphatic carbocycles. The predicted octanol–water partition coefficient (Wildman–Crippen LogP) is 2.82. The summed E-state index contributed by atoms with van der Waals surface area (Å²) in [5, 5.41) is 0. The number of nitrogens with zero attached hydrogens (tertiary/aromatic N) is 2. The third kappa shape index (κ3) is 1.71. The minimum atomic E-state index is 0.433. The van der Waals surface area contributed by atoms with E-state index < -0.39 is 0 Å². The molecule has 112 valence electrons. The smallest absolute Gasteiger partial charge is 0.178 e. The van der Waals surface area contributed by atoms with Crippen molar-refractivity contribution in [3.8, 4) is 5.75 Å². The van der Waals surface area contributed by atoms with E-state index in [1.165, 1.54) is 33.5 Å². The molecule has 1 aliphatic heterocycles. The lowest BCUT2D eigenvalue weighted by molar-refractivity contribution is -0.671. The van der Waals surface area contributed by atoms with Crippen LogP contribution in [0.25, 0.3) is 11.1 Å². The van der Waals surface area contributed by atoms with Gasteiger partial charge in [-0.05, 0) is 47.8 Å². The average molecular weight is 293 g/mol. The number of benzene rings is 1. The van der Waals surface area contributed by atoms with Crippen molar-refractivity contribution in [2.75, 3.05) is 19.1 Å². The Kier molecular flexibility index (Phi) is 2.80. The monoisotopic (exact) mass is 293 g/mol. The molecule has 1 atom stereocenters. The van der Waals surface area contributed by atoms with Gasteiger partial charge in [-0.25, -0.2) is 4.57 Å². The molecule has 22 heavy (non-hydrogen) atoms. The molecule has 1 unspecified atom stereocenters. The average Bonchev–Trinajstić information content (AvgIpc) is 2.91. The Balaban J connectivity index is 1.97. The van der Waals surface area contributed by atoms with E-state index in [0.717, 1.165) is 12.2 Å². The summed E-state index contributed by atoms with van der Waals surface area (Å²) in [4.78, 5) is 2.42. The van der Waals surface area contributed by atoms with E-state index in [4.69, 9.17) is 4.74 Å². The number of methoxy groups -OCH3 is 1. The van der Waals surface area contributed by atoms with Gasteiger partial charge < -0.3 is 9.64 Å². The minimum Gasteiger partial charge on any atom is -0.497 e. The quantitative estimate of drug-likeness (QED) is 0.752. The molecule has 3 heteroatoms. The van der Waals surface area contributed by atoms with Crippen molar-refractivity contribution in [2.24, 2.45) is 7.05 Å². The first-order chi connectivity index (χ1) is 10.6. The number of ether oxygens (including phenoxy) is 1.